The molecule has 2 heterocycles. The van der Waals surface area contributed by atoms with Gasteiger partial charge in [0.25, 0.3) is 5.91 Å². The van der Waals surface area contributed by atoms with E-state index in [0.29, 0.717) is 5.69 Å². The van der Waals surface area contributed by atoms with Gasteiger partial charge in [0.2, 0.25) is 0 Å². The Morgan fingerprint density at radius 3 is 2.94 bits per heavy atom. The Bertz CT molecular complexity index is 448. The van der Waals surface area contributed by atoms with Crippen LogP contribution in [0.1, 0.15) is 16.9 Å². The first-order valence-electron chi connectivity index (χ1n) is 5.41. The van der Waals surface area contributed by atoms with Crippen LogP contribution in [0.2, 0.25) is 0 Å². The number of nitrogens with zero attached hydrogens (tertiary/aromatic N) is 2. The van der Waals surface area contributed by atoms with Gasteiger partial charge in [-0.15, -0.1) is 0 Å². The standard InChI is InChI=1S/C10H14N4O3/c1-13-8(2-3-9(13)14(16)17)10(15)12-7-4-5-11-6-7/h2-3,7,11H,4-6H2,1H3,(H,12,15)/t7-/m1/s1. The molecule has 1 aromatic rings. The van der Waals surface area contributed by atoms with Crippen molar-refractivity contribution >= 4 is 11.7 Å². The van der Waals surface area contributed by atoms with E-state index in [0.717, 1.165) is 19.5 Å². The van der Waals surface area contributed by atoms with Gasteiger partial charge < -0.3 is 20.7 Å². The minimum Gasteiger partial charge on any atom is -0.358 e. The third-order valence-electron chi connectivity index (χ3n) is 2.91. The Morgan fingerprint density at radius 1 is 1.65 bits per heavy atom. The molecule has 0 aliphatic carbocycles. The van der Waals surface area contributed by atoms with Crippen molar-refractivity contribution in [2.45, 2.75) is 12.5 Å². The van der Waals surface area contributed by atoms with E-state index in [4.69, 9.17) is 0 Å². The Balaban J connectivity index is 2.11. The summed E-state index contributed by atoms with van der Waals surface area (Å²) in [5.41, 5.74) is 0.309. The van der Waals surface area contributed by atoms with Crippen molar-refractivity contribution in [2.24, 2.45) is 7.05 Å². The number of amides is 1. The van der Waals surface area contributed by atoms with E-state index < -0.39 is 4.92 Å². The molecule has 0 unspecified atom stereocenters. The monoisotopic (exact) mass is 238 g/mol. The third-order valence-corrected chi connectivity index (χ3v) is 2.91. The van der Waals surface area contributed by atoms with Crippen LogP contribution in [0, 0.1) is 10.1 Å². The van der Waals surface area contributed by atoms with E-state index in [-0.39, 0.29) is 17.8 Å². The van der Waals surface area contributed by atoms with Gasteiger partial charge >= 0.3 is 5.82 Å². The molecule has 0 saturated carbocycles. The molecule has 0 aromatic carbocycles. The molecule has 1 fully saturated rings. The van der Waals surface area contributed by atoms with Crippen molar-refractivity contribution in [2.75, 3.05) is 13.1 Å². The molecule has 0 bridgehead atoms. The molecule has 2 N–H and O–H groups in total. The molecule has 1 aliphatic heterocycles. The number of carbonyl (C=O) groups excluding carboxylic acids is 1. The maximum Gasteiger partial charge on any atom is 0.323 e. The number of rotatable bonds is 3. The molecular weight excluding hydrogens is 224 g/mol. The zero-order valence-electron chi connectivity index (χ0n) is 9.47. The van der Waals surface area contributed by atoms with E-state index in [2.05, 4.69) is 10.6 Å². The number of nitrogens with one attached hydrogen (secondary N) is 2. The van der Waals surface area contributed by atoms with E-state index in [1.54, 1.807) is 0 Å². The van der Waals surface area contributed by atoms with Gasteiger partial charge in [-0.1, -0.05) is 0 Å². The highest BCUT2D eigenvalue weighted by molar-refractivity contribution is 5.93. The molecule has 1 atom stereocenters. The molecule has 1 aliphatic rings. The molecular formula is C10H14N4O3. The first-order chi connectivity index (χ1) is 8.09. The average Bonchev–Trinajstić information content (AvgIpc) is 2.86. The van der Waals surface area contributed by atoms with Crippen LogP contribution in [0.3, 0.4) is 0 Å². The maximum atomic E-state index is 11.9. The zero-order chi connectivity index (χ0) is 12.4. The van der Waals surface area contributed by atoms with Crippen LogP contribution in [0.25, 0.3) is 0 Å². The van der Waals surface area contributed by atoms with Gasteiger partial charge in [-0.05, 0) is 24.0 Å². The molecule has 2 rings (SSSR count). The Kier molecular flexibility index (Phi) is 3.10. The normalized spacial score (nSPS) is 19.2. The van der Waals surface area contributed by atoms with Crippen molar-refractivity contribution in [3.05, 3.63) is 27.9 Å². The minimum absolute atomic E-state index is 0.0836. The molecule has 0 radical (unpaired) electrons. The number of nitro groups is 1. The smallest absolute Gasteiger partial charge is 0.323 e. The second kappa shape index (κ2) is 4.54. The van der Waals surface area contributed by atoms with Crippen molar-refractivity contribution < 1.29 is 9.72 Å². The second-order valence-electron chi connectivity index (χ2n) is 4.06. The first kappa shape index (κ1) is 11.6. The number of carbonyl (C=O) groups is 1. The lowest BCUT2D eigenvalue weighted by molar-refractivity contribution is -0.391. The van der Waals surface area contributed by atoms with Crippen molar-refractivity contribution in [3.63, 3.8) is 0 Å². The number of hydrogen-bond donors (Lipinski definition) is 2. The zero-order valence-corrected chi connectivity index (χ0v) is 9.47. The lowest BCUT2D eigenvalue weighted by Crippen LogP contribution is -2.37. The predicted octanol–water partition coefficient (Wildman–Crippen LogP) is 0.0250. The SMILES string of the molecule is Cn1c(C(=O)N[C@@H]2CCNC2)ccc1[N+](=O)[O-]. The first-order valence-corrected chi connectivity index (χ1v) is 5.41. The van der Waals surface area contributed by atoms with Gasteiger partial charge in [-0.3, -0.25) is 4.79 Å². The average molecular weight is 238 g/mol. The fourth-order valence-corrected chi connectivity index (χ4v) is 1.95. The summed E-state index contributed by atoms with van der Waals surface area (Å²) in [6.45, 7) is 1.64. The summed E-state index contributed by atoms with van der Waals surface area (Å²) in [5, 5.41) is 16.6. The van der Waals surface area contributed by atoms with Crippen LogP contribution in [0.4, 0.5) is 5.82 Å². The quantitative estimate of drug-likeness (QED) is 0.574. The highest BCUT2D eigenvalue weighted by atomic mass is 16.6. The molecule has 17 heavy (non-hydrogen) atoms. The van der Waals surface area contributed by atoms with Gasteiger partial charge in [-0.25, -0.2) is 4.57 Å². The summed E-state index contributed by atoms with van der Waals surface area (Å²) < 4.78 is 1.29. The van der Waals surface area contributed by atoms with Gasteiger partial charge in [-0.2, -0.15) is 0 Å². The van der Waals surface area contributed by atoms with Crippen LogP contribution in [-0.4, -0.2) is 34.5 Å². The van der Waals surface area contributed by atoms with Gasteiger partial charge in [0.15, 0.2) is 5.69 Å². The fourth-order valence-electron chi connectivity index (χ4n) is 1.95. The lowest BCUT2D eigenvalue weighted by Gasteiger charge is -2.09. The third kappa shape index (κ3) is 2.28. The molecule has 1 saturated heterocycles. The summed E-state index contributed by atoms with van der Waals surface area (Å²) in [7, 11) is 1.51. The molecule has 1 amide bonds. The van der Waals surface area contributed by atoms with Gasteiger partial charge in [0.05, 0.1) is 7.05 Å². The summed E-state index contributed by atoms with van der Waals surface area (Å²) in [6, 6.07) is 2.91. The Hall–Kier alpha value is -1.89. The fraction of sp³-hybridized carbons (Fsp3) is 0.500. The van der Waals surface area contributed by atoms with Crippen molar-refractivity contribution in [3.8, 4) is 0 Å². The summed E-state index contributed by atoms with van der Waals surface area (Å²) >= 11 is 0. The number of hydrogen-bond acceptors (Lipinski definition) is 4. The van der Waals surface area contributed by atoms with Crippen LogP contribution < -0.4 is 10.6 Å². The summed E-state index contributed by atoms with van der Waals surface area (Å²) in [4.78, 5) is 22.0. The van der Waals surface area contributed by atoms with Gasteiger partial charge in [0.1, 0.15) is 0 Å². The molecule has 1 aromatic heterocycles. The van der Waals surface area contributed by atoms with E-state index >= 15 is 0 Å². The molecule has 7 heteroatoms. The molecule has 7 nitrogen and oxygen atoms in total. The van der Waals surface area contributed by atoms with E-state index in [9.17, 15) is 14.9 Å². The Morgan fingerprint density at radius 2 is 2.41 bits per heavy atom. The predicted molar refractivity (Wildman–Crippen MR) is 60.8 cm³/mol. The highest BCUT2D eigenvalue weighted by Crippen LogP contribution is 2.15. The Labute approximate surface area is 97.9 Å². The lowest BCUT2D eigenvalue weighted by atomic mass is 10.2. The highest BCUT2D eigenvalue weighted by Gasteiger charge is 2.23. The van der Waals surface area contributed by atoms with Crippen molar-refractivity contribution in [1.82, 2.24) is 15.2 Å². The van der Waals surface area contributed by atoms with E-state index in [1.807, 2.05) is 0 Å². The summed E-state index contributed by atoms with van der Waals surface area (Å²) in [5.74, 6) is -0.353. The molecule has 0 spiro atoms. The maximum absolute atomic E-state index is 11.9. The minimum atomic E-state index is -0.506. The van der Waals surface area contributed by atoms with Crippen LogP contribution in [-0.2, 0) is 7.05 Å². The summed E-state index contributed by atoms with van der Waals surface area (Å²) in [6.07, 6.45) is 0.887. The van der Waals surface area contributed by atoms with E-state index in [1.165, 1.54) is 23.7 Å². The van der Waals surface area contributed by atoms with Crippen LogP contribution >= 0.6 is 0 Å². The topological polar surface area (TPSA) is 89.2 Å². The van der Waals surface area contributed by atoms with Crippen LogP contribution in [0.5, 0.6) is 0 Å². The molecule has 92 valence electrons. The van der Waals surface area contributed by atoms with Crippen LogP contribution in [0.15, 0.2) is 12.1 Å². The second-order valence-corrected chi connectivity index (χ2v) is 4.06. The number of aromatic nitrogens is 1. The van der Waals surface area contributed by atoms with Gasteiger partial charge in [0, 0.05) is 18.7 Å². The van der Waals surface area contributed by atoms with Crippen molar-refractivity contribution in [1.29, 1.82) is 0 Å². The largest absolute Gasteiger partial charge is 0.358 e.